The highest BCUT2D eigenvalue weighted by Crippen LogP contribution is 2.12. The van der Waals surface area contributed by atoms with Crippen molar-refractivity contribution in [3.63, 3.8) is 0 Å². The second-order valence-corrected chi connectivity index (χ2v) is 2.68. The van der Waals surface area contributed by atoms with Gasteiger partial charge >= 0.3 is 0 Å². The van der Waals surface area contributed by atoms with Crippen molar-refractivity contribution in [1.29, 1.82) is 0 Å². The molecule has 0 radical (unpaired) electrons. The van der Waals surface area contributed by atoms with Crippen LogP contribution in [0.2, 0.25) is 0 Å². The van der Waals surface area contributed by atoms with Crippen LogP contribution in [0.4, 0.5) is 0 Å². The largest absolute Gasteiger partial charge is 0.324 e. The van der Waals surface area contributed by atoms with Gasteiger partial charge in [0.15, 0.2) is 6.29 Å². The molecule has 0 aliphatic heterocycles. The highest BCUT2D eigenvalue weighted by atomic mass is 16.1. The predicted molar refractivity (Wildman–Crippen MR) is 46.8 cm³/mol. The first-order chi connectivity index (χ1) is 5.77. The number of hydrogen-bond acceptors (Lipinski definition) is 3. The molecule has 1 rings (SSSR count). The average molecular weight is 164 g/mol. The molecule has 1 unspecified atom stereocenters. The van der Waals surface area contributed by atoms with Gasteiger partial charge in [-0.1, -0.05) is 6.92 Å². The smallest absolute Gasteiger partial charge is 0.151 e. The van der Waals surface area contributed by atoms with E-state index in [2.05, 4.69) is 4.98 Å². The van der Waals surface area contributed by atoms with E-state index in [1.807, 2.05) is 6.92 Å². The van der Waals surface area contributed by atoms with E-state index in [0.717, 1.165) is 18.3 Å². The van der Waals surface area contributed by atoms with Gasteiger partial charge in [-0.25, -0.2) is 0 Å². The first-order valence-electron chi connectivity index (χ1n) is 3.93. The molecule has 3 nitrogen and oxygen atoms in total. The molecule has 1 atom stereocenters. The summed E-state index contributed by atoms with van der Waals surface area (Å²) in [6, 6.07) is 1.76. The molecule has 1 aromatic heterocycles. The van der Waals surface area contributed by atoms with E-state index in [1.54, 1.807) is 12.3 Å². The fourth-order valence-corrected chi connectivity index (χ4v) is 0.979. The Balaban J connectivity index is 2.93. The number of nitrogens with two attached hydrogens (primary N) is 1. The Bertz CT molecular complexity index is 273. The Morgan fingerprint density at radius 3 is 3.00 bits per heavy atom. The van der Waals surface area contributed by atoms with Gasteiger partial charge in [0.05, 0.1) is 0 Å². The lowest BCUT2D eigenvalue weighted by atomic mass is 10.1. The van der Waals surface area contributed by atoms with Gasteiger partial charge in [0.1, 0.15) is 0 Å². The number of aldehydes is 1. The minimum atomic E-state index is -0.0163. The van der Waals surface area contributed by atoms with Crippen LogP contribution in [0.15, 0.2) is 18.5 Å². The van der Waals surface area contributed by atoms with E-state index >= 15 is 0 Å². The zero-order valence-electron chi connectivity index (χ0n) is 7.03. The lowest BCUT2D eigenvalue weighted by Gasteiger charge is -2.07. The van der Waals surface area contributed by atoms with Crippen LogP contribution in [0.5, 0.6) is 0 Å². The van der Waals surface area contributed by atoms with E-state index in [9.17, 15) is 4.79 Å². The third kappa shape index (κ3) is 1.89. The molecule has 1 aromatic rings. The third-order valence-electron chi connectivity index (χ3n) is 1.78. The molecule has 0 fully saturated rings. The van der Waals surface area contributed by atoms with E-state index in [1.165, 1.54) is 6.20 Å². The van der Waals surface area contributed by atoms with Crippen LogP contribution in [0.1, 0.15) is 35.3 Å². The lowest BCUT2D eigenvalue weighted by molar-refractivity contribution is 0.112. The molecule has 0 bridgehead atoms. The number of aromatic nitrogens is 1. The Labute approximate surface area is 71.6 Å². The first kappa shape index (κ1) is 8.87. The van der Waals surface area contributed by atoms with Gasteiger partial charge in [-0.15, -0.1) is 0 Å². The van der Waals surface area contributed by atoms with Crippen LogP contribution >= 0.6 is 0 Å². The van der Waals surface area contributed by atoms with Gasteiger partial charge in [-0.05, 0) is 18.1 Å². The third-order valence-corrected chi connectivity index (χ3v) is 1.78. The van der Waals surface area contributed by atoms with Crippen molar-refractivity contribution in [3.05, 3.63) is 29.6 Å². The van der Waals surface area contributed by atoms with Gasteiger partial charge in [-0.2, -0.15) is 0 Å². The van der Waals surface area contributed by atoms with Gasteiger partial charge in [-0.3, -0.25) is 9.78 Å². The molecule has 0 spiro atoms. The highest BCUT2D eigenvalue weighted by Gasteiger charge is 2.03. The molecule has 1 heterocycles. The molecule has 64 valence electrons. The number of hydrogen-bond donors (Lipinski definition) is 1. The average Bonchev–Trinajstić information content (AvgIpc) is 2.17. The predicted octanol–water partition coefficient (Wildman–Crippen LogP) is 1.30. The van der Waals surface area contributed by atoms with Crippen molar-refractivity contribution in [1.82, 2.24) is 4.98 Å². The molecule has 12 heavy (non-hydrogen) atoms. The maximum absolute atomic E-state index is 10.4. The molecule has 0 saturated carbocycles. The zero-order valence-corrected chi connectivity index (χ0v) is 7.03. The fraction of sp³-hybridized carbons (Fsp3) is 0.333. The van der Waals surface area contributed by atoms with Crippen molar-refractivity contribution in [3.8, 4) is 0 Å². The topological polar surface area (TPSA) is 56.0 Å². The summed E-state index contributed by atoms with van der Waals surface area (Å²) in [7, 11) is 0. The number of carbonyl (C=O) groups excluding carboxylic acids is 1. The quantitative estimate of drug-likeness (QED) is 0.685. The van der Waals surface area contributed by atoms with Crippen molar-refractivity contribution in [2.24, 2.45) is 5.73 Å². The summed E-state index contributed by atoms with van der Waals surface area (Å²) >= 11 is 0. The molecule has 0 aliphatic carbocycles. The lowest BCUT2D eigenvalue weighted by Crippen LogP contribution is -2.09. The molecule has 0 saturated heterocycles. The normalized spacial score (nSPS) is 12.5. The Hall–Kier alpha value is -1.22. The molecule has 0 aliphatic rings. The van der Waals surface area contributed by atoms with E-state index < -0.39 is 0 Å². The number of carbonyl (C=O) groups is 1. The fourth-order valence-electron chi connectivity index (χ4n) is 0.979. The molecule has 0 aromatic carbocycles. The molecule has 2 N–H and O–H groups in total. The van der Waals surface area contributed by atoms with Crippen molar-refractivity contribution in [2.45, 2.75) is 19.4 Å². The van der Waals surface area contributed by atoms with Crippen LogP contribution in [-0.2, 0) is 0 Å². The van der Waals surface area contributed by atoms with Crippen molar-refractivity contribution < 1.29 is 4.79 Å². The summed E-state index contributed by atoms with van der Waals surface area (Å²) in [5, 5.41) is 0. The SMILES string of the molecule is CCC(N)c1cncc(C=O)c1. The van der Waals surface area contributed by atoms with Gasteiger partial charge in [0, 0.05) is 24.0 Å². The van der Waals surface area contributed by atoms with Crippen LogP contribution in [0, 0.1) is 0 Å². The minimum Gasteiger partial charge on any atom is -0.324 e. The number of rotatable bonds is 3. The highest BCUT2D eigenvalue weighted by molar-refractivity contribution is 5.74. The summed E-state index contributed by atoms with van der Waals surface area (Å²) in [6.45, 7) is 2.00. The van der Waals surface area contributed by atoms with Crippen LogP contribution in [-0.4, -0.2) is 11.3 Å². The van der Waals surface area contributed by atoms with Crippen molar-refractivity contribution in [2.75, 3.05) is 0 Å². The second-order valence-electron chi connectivity index (χ2n) is 2.68. The summed E-state index contributed by atoms with van der Waals surface area (Å²) in [6.07, 6.45) is 4.85. The van der Waals surface area contributed by atoms with Gasteiger partial charge in [0.25, 0.3) is 0 Å². The molecule has 0 amide bonds. The van der Waals surface area contributed by atoms with Gasteiger partial charge < -0.3 is 5.73 Å². The summed E-state index contributed by atoms with van der Waals surface area (Å²) in [4.78, 5) is 14.3. The maximum atomic E-state index is 10.4. The summed E-state index contributed by atoms with van der Waals surface area (Å²) in [5.74, 6) is 0. The van der Waals surface area contributed by atoms with E-state index in [4.69, 9.17) is 5.73 Å². The van der Waals surface area contributed by atoms with Crippen LogP contribution in [0.25, 0.3) is 0 Å². The standard InChI is InChI=1S/C9H12N2O/c1-2-9(10)8-3-7(6-12)4-11-5-8/h3-6,9H,2,10H2,1H3. The van der Waals surface area contributed by atoms with Crippen molar-refractivity contribution >= 4 is 6.29 Å². The van der Waals surface area contributed by atoms with Gasteiger partial charge in [0.2, 0.25) is 0 Å². The Morgan fingerprint density at radius 2 is 2.42 bits per heavy atom. The zero-order chi connectivity index (χ0) is 8.97. The molecular weight excluding hydrogens is 152 g/mol. The number of pyridine rings is 1. The summed E-state index contributed by atoms with van der Waals surface area (Å²) in [5.41, 5.74) is 7.26. The van der Waals surface area contributed by atoms with Crippen LogP contribution in [0.3, 0.4) is 0 Å². The molecular formula is C9H12N2O. The number of nitrogens with zero attached hydrogens (tertiary/aromatic N) is 1. The van der Waals surface area contributed by atoms with E-state index in [-0.39, 0.29) is 6.04 Å². The maximum Gasteiger partial charge on any atom is 0.151 e. The second kappa shape index (κ2) is 3.97. The van der Waals surface area contributed by atoms with Crippen LogP contribution < -0.4 is 5.73 Å². The Kier molecular flexibility index (Phi) is 2.94. The monoisotopic (exact) mass is 164 g/mol. The van der Waals surface area contributed by atoms with E-state index in [0.29, 0.717) is 5.56 Å². The molecule has 3 heteroatoms. The first-order valence-corrected chi connectivity index (χ1v) is 3.93. The summed E-state index contributed by atoms with van der Waals surface area (Å²) < 4.78 is 0. The minimum absolute atomic E-state index is 0.0163. The Morgan fingerprint density at radius 1 is 1.67 bits per heavy atom.